The van der Waals surface area contributed by atoms with Crippen molar-refractivity contribution < 1.29 is 14.3 Å². The zero-order valence-corrected chi connectivity index (χ0v) is 19.1. The quantitative estimate of drug-likeness (QED) is 0.587. The summed E-state index contributed by atoms with van der Waals surface area (Å²) in [6.45, 7) is 3.75. The van der Waals surface area contributed by atoms with Crippen molar-refractivity contribution in [1.29, 1.82) is 0 Å². The van der Waals surface area contributed by atoms with Crippen molar-refractivity contribution in [1.82, 2.24) is 14.8 Å². The Morgan fingerprint density at radius 2 is 1.97 bits per heavy atom. The molecule has 3 saturated heterocycles. The van der Waals surface area contributed by atoms with Gasteiger partial charge < -0.3 is 19.2 Å². The van der Waals surface area contributed by atoms with Crippen LogP contribution >= 0.6 is 11.3 Å². The minimum Gasteiger partial charge on any atom is -0.497 e. The summed E-state index contributed by atoms with van der Waals surface area (Å²) < 4.78 is 12.3. The summed E-state index contributed by atoms with van der Waals surface area (Å²) in [5.74, 6) is 2.84. The molecule has 2 bridgehead atoms. The number of para-hydroxylation sites is 1. The number of nitrogens with zero attached hydrogens (tertiary/aromatic N) is 4. The van der Waals surface area contributed by atoms with Crippen LogP contribution in [0.3, 0.4) is 0 Å². The molecule has 1 unspecified atom stereocenters. The summed E-state index contributed by atoms with van der Waals surface area (Å²) in [5.41, 5.74) is 1.60. The molecule has 1 spiro atoms. The first kappa shape index (κ1) is 19.8. The van der Waals surface area contributed by atoms with E-state index in [-0.39, 0.29) is 0 Å². The van der Waals surface area contributed by atoms with Gasteiger partial charge in [0.2, 0.25) is 11.6 Å². The molecular formula is C24H26N4O3S. The molecule has 0 aliphatic carbocycles. The van der Waals surface area contributed by atoms with Crippen LogP contribution in [0.25, 0.3) is 10.2 Å². The first-order chi connectivity index (χ1) is 15.7. The first-order valence-electron chi connectivity index (χ1n) is 11.0. The summed E-state index contributed by atoms with van der Waals surface area (Å²) in [6.07, 6.45) is 2.25. The molecule has 7 nitrogen and oxygen atoms in total. The Kier molecular flexibility index (Phi) is 4.73. The zero-order valence-electron chi connectivity index (χ0n) is 18.3. The van der Waals surface area contributed by atoms with E-state index >= 15 is 0 Å². The van der Waals surface area contributed by atoms with E-state index in [0.717, 1.165) is 70.6 Å². The van der Waals surface area contributed by atoms with Gasteiger partial charge in [-0.15, -0.1) is 11.3 Å². The molecule has 0 amide bonds. The van der Waals surface area contributed by atoms with Crippen molar-refractivity contribution >= 4 is 27.4 Å². The predicted octanol–water partition coefficient (Wildman–Crippen LogP) is 3.93. The monoisotopic (exact) mass is 450 g/mol. The number of ether oxygens (including phenoxy) is 2. The van der Waals surface area contributed by atoms with Crippen molar-refractivity contribution in [2.24, 2.45) is 11.1 Å². The van der Waals surface area contributed by atoms with Crippen molar-refractivity contribution in [2.75, 3.05) is 33.9 Å². The van der Waals surface area contributed by atoms with E-state index in [0.29, 0.717) is 12.5 Å². The minimum atomic E-state index is -0.464. The molecule has 2 aromatic carbocycles. The molecule has 32 heavy (non-hydrogen) atoms. The van der Waals surface area contributed by atoms with E-state index in [2.05, 4.69) is 27.1 Å². The number of oxime groups is 1. The Hall–Kier alpha value is -2.84. The highest BCUT2D eigenvalue weighted by molar-refractivity contribution is 7.20. The van der Waals surface area contributed by atoms with E-state index in [9.17, 15) is 0 Å². The molecule has 0 radical (unpaired) electrons. The molecule has 7 rings (SSSR count). The van der Waals surface area contributed by atoms with Crippen molar-refractivity contribution in [2.45, 2.75) is 25.1 Å². The molecule has 5 heterocycles. The van der Waals surface area contributed by atoms with Gasteiger partial charge in [-0.25, -0.2) is 4.98 Å². The minimum absolute atomic E-state index is 0.437. The van der Waals surface area contributed by atoms with Crippen LogP contribution in [0, 0.1) is 5.92 Å². The summed E-state index contributed by atoms with van der Waals surface area (Å²) in [6, 6.07) is 14.2. The second-order valence-electron chi connectivity index (χ2n) is 8.65. The van der Waals surface area contributed by atoms with Gasteiger partial charge in [-0.3, -0.25) is 4.90 Å². The first-order valence-corrected chi connectivity index (χ1v) is 11.8. The summed E-state index contributed by atoms with van der Waals surface area (Å²) in [4.78, 5) is 16.1. The van der Waals surface area contributed by atoms with Gasteiger partial charge >= 0.3 is 0 Å². The standard InChI is InChI=1S/C24H26N4O3S/c1-29-18-8-7-16(20(13-18)30-2)14-28-22(23-25-19-5-3-4-6-21(19)32-23)26-31-24(28)15-27-11-9-17(24)10-12-27/h3-8,13,17H,9-12,14-15H2,1-2H3. The molecule has 4 aliphatic rings. The number of thiazole rings is 1. The van der Waals surface area contributed by atoms with Crippen LogP contribution in [0.15, 0.2) is 47.6 Å². The SMILES string of the molecule is COc1ccc(CN2C(c3nc4ccccc4s3)=NOC23CN2CCC3CC2)c(OC)c1. The van der Waals surface area contributed by atoms with Gasteiger partial charge in [0, 0.05) is 17.5 Å². The number of methoxy groups -OCH3 is 2. The fourth-order valence-electron chi connectivity index (χ4n) is 5.28. The zero-order chi connectivity index (χ0) is 21.7. The van der Waals surface area contributed by atoms with Crippen LogP contribution in [0.4, 0.5) is 0 Å². The lowest BCUT2D eigenvalue weighted by atomic mass is 9.79. The van der Waals surface area contributed by atoms with Crippen LogP contribution in [-0.4, -0.2) is 60.2 Å². The number of hydrogen-bond donors (Lipinski definition) is 0. The molecule has 0 saturated carbocycles. The Bertz CT molecular complexity index is 1150. The number of benzene rings is 2. The second-order valence-corrected chi connectivity index (χ2v) is 9.68. The summed E-state index contributed by atoms with van der Waals surface area (Å²) in [5, 5.41) is 5.56. The molecule has 166 valence electrons. The highest BCUT2D eigenvalue weighted by Gasteiger charge is 2.57. The number of aromatic nitrogens is 1. The maximum absolute atomic E-state index is 6.36. The smallest absolute Gasteiger partial charge is 0.227 e. The third-order valence-electron chi connectivity index (χ3n) is 6.99. The van der Waals surface area contributed by atoms with Gasteiger partial charge in [-0.2, -0.15) is 0 Å². The number of rotatable bonds is 5. The number of amidine groups is 1. The van der Waals surface area contributed by atoms with Gasteiger partial charge in [0.25, 0.3) is 0 Å². The van der Waals surface area contributed by atoms with Crippen LogP contribution in [0.1, 0.15) is 23.4 Å². The predicted molar refractivity (Wildman–Crippen MR) is 124 cm³/mol. The molecule has 8 heteroatoms. The number of piperidine rings is 3. The van der Waals surface area contributed by atoms with Gasteiger partial charge in [0.15, 0.2) is 5.01 Å². The van der Waals surface area contributed by atoms with Gasteiger partial charge in [0.1, 0.15) is 11.5 Å². The largest absolute Gasteiger partial charge is 0.497 e. The van der Waals surface area contributed by atoms with Crippen molar-refractivity contribution in [3.05, 3.63) is 53.0 Å². The number of hydrogen-bond acceptors (Lipinski definition) is 8. The normalized spacial score (nSPS) is 26.4. The topological polar surface area (TPSA) is 59.4 Å². The fraction of sp³-hybridized carbons (Fsp3) is 0.417. The highest BCUT2D eigenvalue weighted by Crippen LogP contribution is 2.46. The molecule has 0 N–H and O–H groups in total. The molecule has 3 fully saturated rings. The van der Waals surface area contributed by atoms with Crippen molar-refractivity contribution in [3.8, 4) is 11.5 Å². The highest BCUT2D eigenvalue weighted by atomic mass is 32.1. The molecule has 1 aromatic heterocycles. The van der Waals surface area contributed by atoms with Gasteiger partial charge in [0.05, 0.1) is 37.5 Å². The average molecular weight is 451 g/mol. The molecule has 1 atom stereocenters. The third kappa shape index (κ3) is 3.04. The van der Waals surface area contributed by atoms with Gasteiger partial charge in [-0.1, -0.05) is 17.3 Å². The van der Waals surface area contributed by atoms with Crippen LogP contribution in [-0.2, 0) is 11.4 Å². The van der Waals surface area contributed by atoms with E-state index in [1.165, 1.54) is 0 Å². The van der Waals surface area contributed by atoms with E-state index < -0.39 is 5.72 Å². The third-order valence-corrected chi connectivity index (χ3v) is 8.02. The Morgan fingerprint density at radius 3 is 2.69 bits per heavy atom. The second kappa shape index (κ2) is 7.64. The van der Waals surface area contributed by atoms with Crippen LogP contribution < -0.4 is 9.47 Å². The Morgan fingerprint density at radius 1 is 1.12 bits per heavy atom. The lowest BCUT2D eigenvalue weighted by molar-refractivity contribution is -0.198. The van der Waals surface area contributed by atoms with Crippen molar-refractivity contribution in [3.63, 3.8) is 0 Å². The summed E-state index contributed by atoms with van der Waals surface area (Å²) in [7, 11) is 3.37. The average Bonchev–Trinajstić information content (AvgIpc) is 3.42. The maximum Gasteiger partial charge on any atom is 0.227 e. The molecular weight excluding hydrogens is 424 g/mol. The fourth-order valence-corrected chi connectivity index (χ4v) is 6.24. The van der Waals surface area contributed by atoms with E-state index in [1.54, 1.807) is 25.6 Å². The van der Waals surface area contributed by atoms with E-state index in [4.69, 9.17) is 19.3 Å². The lowest BCUT2D eigenvalue weighted by Gasteiger charge is -2.53. The maximum atomic E-state index is 6.36. The summed E-state index contributed by atoms with van der Waals surface area (Å²) >= 11 is 1.66. The van der Waals surface area contributed by atoms with E-state index in [1.807, 2.05) is 30.3 Å². The lowest BCUT2D eigenvalue weighted by Crippen LogP contribution is -2.66. The Balaban J connectivity index is 1.42. The number of fused-ring (bicyclic) bond motifs is 3. The van der Waals surface area contributed by atoms with Gasteiger partial charge in [-0.05, 0) is 50.2 Å². The van der Waals surface area contributed by atoms with Crippen LogP contribution in [0.2, 0.25) is 0 Å². The molecule has 4 aliphatic heterocycles. The molecule has 3 aromatic rings. The van der Waals surface area contributed by atoms with Crippen LogP contribution in [0.5, 0.6) is 11.5 Å². The Labute approximate surface area is 191 Å².